The maximum Gasteiger partial charge on any atom is 0.261 e. The van der Waals surface area contributed by atoms with Crippen molar-refractivity contribution in [1.29, 1.82) is 0 Å². The van der Waals surface area contributed by atoms with Gasteiger partial charge in [-0.1, -0.05) is 47.6 Å². The van der Waals surface area contributed by atoms with Crippen molar-refractivity contribution < 1.29 is 14.1 Å². The molecule has 2 atom stereocenters. The molecule has 2 unspecified atom stereocenters. The fourth-order valence-corrected chi connectivity index (χ4v) is 3.52. The SMILES string of the molecule is COc1ccccc1-c1nc(C2CC(=O)N(C(C)c3ccccc3)C2)no1. The topological polar surface area (TPSA) is 68.5 Å². The van der Waals surface area contributed by atoms with Gasteiger partial charge < -0.3 is 14.2 Å². The molecule has 1 amide bonds. The highest BCUT2D eigenvalue weighted by Crippen LogP contribution is 2.34. The first kappa shape index (κ1) is 17.3. The van der Waals surface area contributed by atoms with Gasteiger partial charge in [0, 0.05) is 18.9 Å². The lowest BCUT2D eigenvalue weighted by Crippen LogP contribution is -2.28. The number of para-hydroxylation sites is 1. The van der Waals surface area contributed by atoms with Crippen LogP contribution in [0.1, 0.15) is 36.7 Å². The lowest BCUT2D eigenvalue weighted by Gasteiger charge is -2.25. The molecule has 0 bridgehead atoms. The van der Waals surface area contributed by atoms with Gasteiger partial charge in [-0.3, -0.25) is 4.79 Å². The Labute approximate surface area is 157 Å². The van der Waals surface area contributed by atoms with Gasteiger partial charge >= 0.3 is 0 Å². The summed E-state index contributed by atoms with van der Waals surface area (Å²) in [5, 5.41) is 4.13. The van der Waals surface area contributed by atoms with Gasteiger partial charge in [0.15, 0.2) is 5.82 Å². The van der Waals surface area contributed by atoms with E-state index in [9.17, 15) is 4.79 Å². The average molecular weight is 363 g/mol. The third kappa shape index (κ3) is 3.30. The fourth-order valence-electron chi connectivity index (χ4n) is 3.52. The van der Waals surface area contributed by atoms with Crippen molar-refractivity contribution in [3.8, 4) is 17.2 Å². The molecule has 1 fully saturated rings. The van der Waals surface area contributed by atoms with Crippen molar-refractivity contribution in [3.05, 3.63) is 66.0 Å². The minimum Gasteiger partial charge on any atom is -0.496 e. The molecule has 2 aromatic carbocycles. The lowest BCUT2D eigenvalue weighted by molar-refractivity contribution is -0.129. The molecule has 6 heteroatoms. The van der Waals surface area contributed by atoms with E-state index in [4.69, 9.17) is 9.26 Å². The number of rotatable bonds is 5. The first-order chi connectivity index (χ1) is 13.2. The molecule has 3 aromatic rings. The Balaban J connectivity index is 1.54. The first-order valence-electron chi connectivity index (χ1n) is 8.98. The minimum atomic E-state index is -0.0733. The Bertz CT molecular complexity index is 939. The third-order valence-corrected chi connectivity index (χ3v) is 5.05. The van der Waals surface area contributed by atoms with Gasteiger partial charge in [0.2, 0.25) is 5.91 Å². The fraction of sp³-hybridized carbons (Fsp3) is 0.286. The standard InChI is InChI=1S/C21H21N3O3/c1-14(15-8-4-3-5-9-15)24-13-16(12-19(24)25)20-22-21(27-23-20)17-10-6-7-11-18(17)26-2/h3-11,14,16H,12-13H2,1-2H3. The van der Waals surface area contributed by atoms with Crippen LogP contribution < -0.4 is 4.74 Å². The number of hydrogen-bond acceptors (Lipinski definition) is 5. The second-order valence-electron chi connectivity index (χ2n) is 6.69. The van der Waals surface area contributed by atoms with E-state index >= 15 is 0 Å². The van der Waals surface area contributed by atoms with Crippen LogP contribution in [0.3, 0.4) is 0 Å². The number of methoxy groups -OCH3 is 1. The molecule has 0 N–H and O–H groups in total. The monoisotopic (exact) mass is 363 g/mol. The van der Waals surface area contributed by atoms with Crippen LogP contribution in [0.15, 0.2) is 59.1 Å². The van der Waals surface area contributed by atoms with Crippen LogP contribution in [0.4, 0.5) is 0 Å². The summed E-state index contributed by atoms with van der Waals surface area (Å²) in [4.78, 5) is 19.0. The number of aromatic nitrogens is 2. The van der Waals surface area contributed by atoms with Crippen molar-refractivity contribution in [2.45, 2.75) is 25.3 Å². The van der Waals surface area contributed by atoms with Crippen molar-refractivity contribution in [3.63, 3.8) is 0 Å². The molecular formula is C21H21N3O3. The first-order valence-corrected chi connectivity index (χ1v) is 8.98. The molecule has 1 aromatic heterocycles. The second kappa shape index (κ2) is 7.23. The van der Waals surface area contributed by atoms with Gasteiger partial charge in [0.05, 0.1) is 18.7 Å². The van der Waals surface area contributed by atoms with Gasteiger partial charge in [0.1, 0.15) is 5.75 Å². The zero-order valence-electron chi connectivity index (χ0n) is 15.3. The number of carbonyl (C=O) groups is 1. The van der Waals surface area contributed by atoms with E-state index in [1.165, 1.54) is 0 Å². The van der Waals surface area contributed by atoms with E-state index in [0.29, 0.717) is 30.4 Å². The predicted molar refractivity (Wildman–Crippen MR) is 100 cm³/mol. The van der Waals surface area contributed by atoms with E-state index in [1.54, 1.807) is 7.11 Å². The molecular weight excluding hydrogens is 342 g/mol. The maximum absolute atomic E-state index is 12.6. The molecule has 1 aliphatic rings. The number of carbonyl (C=O) groups excluding carboxylic acids is 1. The zero-order valence-corrected chi connectivity index (χ0v) is 15.3. The predicted octanol–water partition coefficient (Wildman–Crippen LogP) is 3.82. The number of likely N-dealkylation sites (tertiary alicyclic amines) is 1. The van der Waals surface area contributed by atoms with Crippen molar-refractivity contribution >= 4 is 5.91 Å². The summed E-state index contributed by atoms with van der Waals surface area (Å²) in [5.41, 5.74) is 1.87. The molecule has 0 aliphatic carbocycles. The highest BCUT2D eigenvalue weighted by molar-refractivity contribution is 5.80. The molecule has 0 radical (unpaired) electrons. The molecule has 1 aliphatic heterocycles. The number of hydrogen-bond donors (Lipinski definition) is 0. The highest BCUT2D eigenvalue weighted by atomic mass is 16.5. The van der Waals surface area contributed by atoms with E-state index in [2.05, 4.69) is 10.1 Å². The van der Waals surface area contributed by atoms with Crippen molar-refractivity contribution in [1.82, 2.24) is 15.0 Å². The Morgan fingerprint density at radius 1 is 1.15 bits per heavy atom. The Hall–Kier alpha value is -3.15. The summed E-state index contributed by atoms with van der Waals surface area (Å²) in [6.07, 6.45) is 0.391. The summed E-state index contributed by atoms with van der Waals surface area (Å²) >= 11 is 0. The summed E-state index contributed by atoms with van der Waals surface area (Å²) in [6.45, 7) is 2.63. The zero-order chi connectivity index (χ0) is 18.8. The smallest absolute Gasteiger partial charge is 0.261 e. The van der Waals surface area contributed by atoms with Gasteiger partial charge in [-0.15, -0.1) is 0 Å². The van der Waals surface area contributed by atoms with Crippen molar-refractivity contribution in [2.24, 2.45) is 0 Å². The minimum absolute atomic E-state index is 0.0179. The lowest BCUT2D eigenvalue weighted by atomic mass is 10.1. The van der Waals surface area contributed by atoms with Crippen LogP contribution >= 0.6 is 0 Å². The summed E-state index contributed by atoms with van der Waals surface area (Å²) in [6, 6.07) is 17.6. The normalized spacial score (nSPS) is 17.9. The quantitative estimate of drug-likeness (QED) is 0.689. The summed E-state index contributed by atoms with van der Waals surface area (Å²) in [5.74, 6) is 1.68. The van der Waals surface area contributed by atoms with Crippen LogP contribution in [0.25, 0.3) is 11.5 Å². The van der Waals surface area contributed by atoms with Crippen LogP contribution in [0.5, 0.6) is 5.75 Å². The largest absolute Gasteiger partial charge is 0.496 e. The highest BCUT2D eigenvalue weighted by Gasteiger charge is 2.36. The Morgan fingerprint density at radius 3 is 2.67 bits per heavy atom. The molecule has 6 nitrogen and oxygen atoms in total. The number of nitrogens with zero attached hydrogens (tertiary/aromatic N) is 3. The van der Waals surface area contributed by atoms with E-state index < -0.39 is 0 Å². The number of benzene rings is 2. The van der Waals surface area contributed by atoms with Crippen LogP contribution in [0, 0.1) is 0 Å². The Morgan fingerprint density at radius 2 is 1.89 bits per heavy atom. The molecule has 138 valence electrons. The van der Waals surface area contributed by atoms with Gasteiger partial charge in [-0.2, -0.15) is 4.98 Å². The van der Waals surface area contributed by atoms with Crippen LogP contribution in [-0.4, -0.2) is 34.6 Å². The van der Waals surface area contributed by atoms with Gasteiger partial charge in [-0.25, -0.2) is 0 Å². The molecule has 2 heterocycles. The van der Waals surface area contributed by atoms with Gasteiger partial charge in [0.25, 0.3) is 5.89 Å². The van der Waals surface area contributed by atoms with Gasteiger partial charge in [-0.05, 0) is 24.6 Å². The second-order valence-corrected chi connectivity index (χ2v) is 6.69. The number of amides is 1. The Kier molecular flexibility index (Phi) is 4.62. The maximum atomic E-state index is 12.6. The van der Waals surface area contributed by atoms with Crippen molar-refractivity contribution in [2.75, 3.05) is 13.7 Å². The molecule has 1 saturated heterocycles. The van der Waals surface area contributed by atoms with E-state index in [-0.39, 0.29) is 17.9 Å². The van der Waals surface area contributed by atoms with E-state index in [0.717, 1.165) is 11.1 Å². The molecule has 4 rings (SSSR count). The summed E-state index contributed by atoms with van der Waals surface area (Å²) < 4.78 is 10.8. The van der Waals surface area contributed by atoms with Crippen LogP contribution in [-0.2, 0) is 4.79 Å². The van der Waals surface area contributed by atoms with E-state index in [1.807, 2.05) is 66.4 Å². The third-order valence-electron chi connectivity index (χ3n) is 5.05. The summed E-state index contributed by atoms with van der Waals surface area (Å²) in [7, 11) is 1.61. The van der Waals surface area contributed by atoms with Crippen LogP contribution in [0.2, 0.25) is 0 Å². The molecule has 27 heavy (non-hydrogen) atoms. The average Bonchev–Trinajstić information content (AvgIpc) is 3.35. The number of ether oxygens (including phenoxy) is 1. The molecule has 0 spiro atoms. The molecule has 0 saturated carbocycles.